The Morgan fingerprint density at radius 3 is 2.50 bits per heavy atom. The Morgan fingerprint density at radius 1 is 1.11 bits per heavy atom. The number of nitrogens with zero attached hydrogens (tertiary/aromatic N) is 3. The Labute approximate surface area is 170 Å². The van der Waals surface area contributed by atoms with E-state index in [2.05, 4.69) is 16.8 Å². The zero-order chi connectivity index (χ0) is 19.9. The molecule has 3 aromatic rings. The number of para-hydroxylation sites is 1. The molecule has 28 heavy (non-hydrogen) atoms. The third kappa shape index (κ3) is 4.82. The first-order valence-corrected chi connectivity index (χ1v) is 10.2. The van der Waals surface area contributed by atoms with Gasteiger partial charge in [0.25, 0.3) is 0 Å². The molecule has 3 rings (SSSR count). The van der Waals surface area contributed by atoms with Crippen LogP contribution in [0.2, 0.25) is 0 Å². The molecule has 1 atom stereocenters. The number of rotatable bonds is 9. The van der Waals surface area contributed by atoms with E-state index in [9.17, 15) is 5.11 Å². The van der Waals surface area contributed by atoms with Crippen LogP contribution in [0.4, 0.5) is 0 Å². The van der Waals surface area contributed by atoms with Gasteiger partial charge in [-0.1, -0.05) is 66.4 Å². The smallest absolute Gasteiger partial charge is 0.191 e. The molecule has 0 fully saturated rings. The minimum absolute atomic E-state index is 0.236. The Morgan fingerprint density at radius 2 is 1.82 bits per heavy atom. The second-order valence-corrected chi connectivity index (χ2v) is 7.56. The van der Waals surface area contributed by atoms with Crippen molar-refractivity contribution in [3.63, 3.8) is 0 Å². The van der Waals surface area contributed by atoms with Gasteiger partial charge in [0, 0.05) is 17.9 Å². The van der Waals surface area contributed by atoms with E-state index in [1.807, 2.05) is 73.0 Å². The number of aromatic nitrogens is 3. The van der Waals surface area contributed by atoms with Crippen LogP contribution in [-0.4, -0.2) is 38.3 Å². The fraction of sp³-hybridized carbons (Fsp3) is 0.273. The molecular weight excluding hydrogens is 370 g/mol. The van der Waals surface area contributed by atoms with Crippen molar-refractivity contribution < 1.29 is 9.84 Å². The molecule has 6 heteroatoms. The van der Waals surface area contributed by atoms with Crippen molar-refractivity contribution in [2.45, 2.75) is 31.7 Å². The zero-order valence-corrected chi connectivity index (χ0v) is 17.0. The van der Waals surface area contributed by atoms with Gasteiger partial charge < -0.3 is 9.84 Å². The third-order valence-corrected chi connectivity index (χ3v) is 5.41. The summed E-state index contributed by atoms with van der Waals surface area (Å²) in [6, 6.07) is 15.9. The highest BCUT2D eigenvalue weighted by molar-refractivity contribution is 7.99. The Hall–Kier alpha value is -2.57. The van der Waals surface area contributed by atoms with E-state index >= 15 is 0 Å². The van der Waals surface area contributed by atoms with Gasteiger partial charge in [0.15, 0.2) is 11.0 Å². The van der Waals surface area contributed by atoms with Crippen LogP contribution in [0.1, 0.15) is 11.1 Å². The lowest BCUT2D eigenvalue weighted by Gasteiger charge is -2.15. The van der Waals surface area contributed by atoms with Gasteiger partial charge in [0.1, 0.15) is 12.4 Å². The van der Waals surface area contributed by atoms with Gasteiger partial charge in [-0.15, -0.1) is 16.8 Å². The lowest BCUT2D eigenvalue weighted by atomic mass is 10.1. The van der Waals surface area contributed by atoms with Gasteiger partial charge in [0.05, 0.1) is 6.10 Å². The summed E-state index contributed by atoms with van der Waals surface area (Å²) >= 11 is 1.47. The molecule has 0 saturated carbocycles. The quantitative estimate of drug-likeness (QED) is 0.433. The number of allylic oxidation sites excluding steroid dienone is 1. The standard InChI is InChI=1S/C22H25N3O2S/c1-4-13-25-21(18-11-6-5-7-12-18)23-24-22(25)28-15-19(26)14-27-20-16(2)9-8-10-17(20)3/h4-12,19,26H,1,13-15H2,2-3H3/t19-/m1/s1. The van der Waals surface area contributed by atoms with E-state index in [0.717, 1.165) is 33.4 Å². The maximum absolute atomic E-state index is 10.4. The molecule has 0 bridgehead atoms. The molecule has 0 spiro atoms. The lowest BCUT2D eigenvalue weighted by molar-refractivity contribution is 0.125. The summed E-state index contributed by atoms with van der Waals surface area (Å²) < 4.78 is 7.85. The summed E-state index contributed by atoms with van der Waals surface area (Å²) in [5, 5.41) is 19.8. The van der Waals surface area contributed by atoms with Crippen molar-refractivity contribution in [1.29, 1.82) is 0 Å². The van der Waals surface area contributed by atoms with Crippen LogP contribution < -0.4 is 4.74 Å². The predicted octanol–water partition coefficient (Wildman–Crippen LogP) is 4.28. The first-order chi connectivity index (χ1) is 13.6. The number of thioether (sulfide) groups is 1. The second kappa shape index (κ2) is 9.57. The highest BCUT2D eigenvalue weighted by Crippen LogP contribution is 2.25. The fourth-order valence-electron chi connectivity index (χ4n) is 2.92. The van der Waals surface area contributed by atoms with Crippen molar-refractivity contribution in [2.24, 2.45) is 0 Å². The van der Waals surface area contributed by atoms with Crippen molar-refractivity contribution in [2.75, 3.05) is 12.4 Å². The van der Waals surface area contributed by atoms with Gasteiger partial charge >= 0.3 is 0 Å². The van der Waals surface area contributed by atoms with Gasteiger partial charge in [-0.3, -0.25) is 4.57 Å². The first-order valence-electron chi connectivity index (χ1n) is 9.19. The molecule has 2 aromatic carbocycles. The number of benzene rings is 2. The molecule has 5 nitrogen and oxygen atoms in total. The van der Waals surface area contributed by atoms with Gasteiger partial charge in [-0.05, 0) is 25.0 Å². The maximum Gasteiger partial charge on any atom is 0.191 e. The number of aryl methyl sites for hydroxylation is 2. The van der Waals surface area contributed by atoms with Crippen LogP contribution >= 0.6 is 11.8 Å². The van der Waals surface area contributed by atoms with Crippen LogP contribution in [0.25, 0.3) is 11.4 Å². The molecule has 0 aliphatic rings. The van der Waals surface area contributed by atoms with Gasteiger partial charge in [-0.25, -0.2) is 0 Å². The first kappa shape index (κ1) is 20.2. The summed E-state index contributed by atoms with van der Waals surface area (Å²) in [5.74, 6) is 2.10. The normalized spacial score (nSPS) is 12.0. The monoisotopic (exact) mass is 395 g/mol. The molecule has 0 radical (unpaired) electrons. The van der Waals surface area contributed by atoms with E-state index in [1.54, 1.807) is 0 Å². The molecule has 1 aromatic heterocycles. The van der Waals surface area contributed by atoms with E-state index in [0.29, 0.717) is 12.3 Å². The molecule has 1 heterocycles. The summed E-state index contributed by atoms with van der Waals surface area (Å²) in [5.41, 5.74) is 3.14. The van der Waals surface area contributed by atoms with E-state index < -0.39 is 6.10 Å². The van der Waals surface area contributed by atoms with Crippen LogP contribution in [-0.2, 0) is 6.54 Å². The number of hydrogen-bond donors (Lipinski definition) is 1. The van der Waals surface area contributed by atoms with Crippen LogP contribution in [0.5, 0.6) is 5.75 Å². The third-order valence-electron chi connectivity index (χ3n) is 4.29. The summed E-state index contributed by atoms with van der Waals surface area (Å²) in [7, 11) is 0. The zero-order valence-electron chi connectivity index (χ0n) is 16.2. The van der Waals surface area contributed by atoms with Gasteiger partial charge in [-0.2, -0.15) is 0 Å². The van der Waals surface area contributed by atoms with E-state index in [4.69, 9.17) is 4.74 Å². The lowest BCUT2D eigenvalue weighted by Crippen LogP contribution is -2.21. The SMILES string of the molecule is C=CCn1c(SC[C@H](O)COc2c(C)cccc2C)nnc1-c1ccccc1. The Balaban J connectivity index is 1.64. The molecule has 0 saturated heterocycles. The second-order valence-electron chi connectivity index (χ2n) is 6.57. The average molecular weight is 396 g/mol. The number of aliphatic hydroxyl groups excluding tert-OH is 1. The van der Waals surface area contributed by atoms with Crippen LogP contribution in [0, 0.1) is 13.8 Å². The molecular formula is C22H25N3O2S. The fourth-order valence-corrected chi connectivity index (χ4v) is 3.77. The van der Waals surface area contributed by atoms with Crippen molar-refractivity contribution >= 4 is 11.8 Å². The van der Waals surface area contributed by atoms with Gasteiger partial charge in [0.2, 0.25) is 0 Å². The molecule has 0 amide bonds. The average Bonchev–Trinajstić information content (AvgIpc) is 3.09. The molecule has 0 aliphatic carbocycles. The van der Waals surface area contributed by atoms with Crippen molar-refractivity contribution in [3.05, 3.63) is 72.3 Å². The summed E-state index contributed by atoms with van der Waals surface area (Å²) in [4.78, 5) is 0. The molecule has 0 unspecified atom stereocenters. The largest absolute Gasteiger partial charge is 0.490 e. The van der Waals surface area contributed by atoms with Crippen LogP contribution in [0.15, 0.2) is 66.3 Å². The van der Waals surface area contributed by atoms with Crippen molar-refractivity contribution in [1.82, 2.24) is 14.8 Å². The number of aliphatic hydroxyl groups is 1. The Kier molecular flexibility index (Phi) is 6.90. The Bertz CT molecular complexity index is 905. The highest BCUT2D eigenvalue weighted by atomic mass is 32.2. The number of ether oxygens (including phenoxy) is 1. The minimum atomic E-state index is -0.613. The predicted molar refractivity (Wildman–Crippen MR) is 114 cm³/mol. The topological polar surface area (TPSA) is 60.2 Å². The highest BCUT2D eigenvalue weighted by Gasteiger charge is 2.16. The maximum atomic E-state index is 10.4. The summed E-state index contributed by atoms with van der Waals surface area (Å²) in [6.45, 7) is 8.69. The van der Waals surface area contributed by atoms with Crippen molar-refractivity contribution in [3.8, 4) is 17.1 Å². The minimum Gasteiger partial charge on any atom is -0.490 e. The molecule has 1 N–H and O–H groups in total. The van der Waals surface area contributed by atoms with Crippen LogP contribution in [0.3, 0.4) is 0 Å². The molecule has 146 valence electrons. The van der Waals surface area contributed by atoms with E-state index in [-0.39, 0.29) is 6.61 Å². The van der Waals surface area contributed by atoms with E-state index in [1.165, 1.54) is 11.8 Å². The number of hydrogen-bond acceptors (Lipinski definition) is 5. The molecule has 0 aliphatic heterocycles. The summed E-state index contributed by atoms with van der Waals surface area (Å²) in [6.07, 6.45) is 1.21.